The van der Waals surface area contributed by atoms with Crippen molar-refractivity contribution in [3.8, 4) is 11.5 Å². The molecule has 2 aliphatic heterocycles. The van der Waals surface area contributed by atoms with Crippen molar-refractivity contribution in [2.24, 2.45) is 0 Å². The first kappa shape index (κ1) is 25.2. The van der Waals surface area contributed by atoms with Crippen LogP contribution in [0.1, 0.15) is 36.5 Å². The lowest BCUT2D eigenvalue weighted by Gasteiger charge is -2.13. The molecule has 2 aromatic rings. The predicted octanol–water partition coefficient (Wildman–Crippen LogP) is 2.77. The van der Waals surface area contributed by atoms with Crippen LogP contribution in [0.3, 0.4) is 0 Å². The molecular formula is C24H34BO8PSi. The summed E-state index contributed by atoms with van der Waals surface area (Å²) in [5.41, 5.74) is 1.91. The Balaban J connectivity index is 0.000000213. The van der Waals surface area contributed by atoms with Crippen molar-refractivity contribution in [3.05, 3.63) is 59.7 Å². The summed E-state index contributed by atoms with van der Waals surface area (Å²) >= 11 is 0. The van der Waals surface area contributed by atoms with Gasteiger partial charge in [0.25, 0.3) is 0 Å². The summed E-state index contributed by atoms with van der Waals surface area (Å²) in [6.45, 7) is 1.49. The normalized spacial score (nSPS) is 26.5. The Morgan fingerprint density at radius 3 is 1.89 bits per heavy atom. The molecule has 0 aromatic heterocycles. The highest BCUT2D eigenvalue weighted by Gasteiger charge is 2.27. The zero-order valence-electron chi connectivity index (χ0n) is 22.1. The first-order chi connectivity index (χ1) is 17.9. The molecule has 11 heteroatoms. The number of aliphatic hydroxyl groups is 1. The molecule has 190 valence electrons. The molecule has 2 saturated heterocycles. The monoisotopic (exact) mass is 523 g/mol. The van der Waals surface area contributed by atoms with Gasteiger partial charge in [0, 0.05) is 25.6 Å². The van der Waals surface area contributed by atoms with Crippen LogP contribution in [0.2, 0.25) is 0 Å². The summed E-state index contributed by atoms with van der Waals surface area (Å²) in [5, 5.41) is 8.80. The van der Waals surface area contributed by atoms with Crippen LogP contribution in [0.15, 0.2) is 48.5 Å². The van der Waals surface area contributed by atoms with Crippen LogP contribution in [0.5, 0.6) is 11.5 Å². The average Bonchev–Trinajstić information content (AvgIpc) is 3.59. The van der Waals surface area contributed by atoms with Gasteiger partial charge in [-0.2, -0.15) is 0 Å². The van der Waals surface area contributed by atoms with Gasteiger partial charge in [0.2, 0.25) is 0 Å². The van der Waals surface area contributed by atoms with Crippen molar-refractivity contribution < 1.29 is 38.0 Å². The zero-order chi connectivity index (χ0) is 26.7. The van der Waals surface area contributed by atoms with Crippen molar-refractivity contribution in [3.63, 3.8) is 0 Å². The lowest BCUT2D eigenvalue weighted by molar-refractivity contribution is -0.0629. The van der Waals surface area contributed by atoms with Gasteiger partial charge < -0.3 is 38.0 Å². The summed E-state index contributed by atoms with van der Waals surface area (Å²) < 4.78 is 52.8. The Labute approximate surface area is 214 Å². The minimum atomic E-state index is -3.01. The van der Waals surface area contributed by atoms with E-state index in [-0.39, 0.29) is 31.4 Å². The first-order valence-electron chi connectivity index (χ1n) is 12.4. The van der Waals surface area contributed by atoms with Crippen LogP contribution in [0.4, 0.5) is 0 Å². The van der Waals surface area contributed by atoms with Gasteiger partial charge in [-0.1, -0.05) is 24.3 Å². The summed E-state index contributed by atoms with van der Waals surface area (Å²) in [6.07, 6.45) is 0.458. The van der Waals surface area contributed by atoms with E-state index in [1.807, 2.05) is 48.5 Å². The third-order valence-corrected chi connectivity index (χ3v) is 6.37. The van der Waals surface area contributed by atoms with Gasteiger partial charge >= 0.3 is 0 Å². The molecule has 1 N–H and O–H groups in total. The molecule has 35 heavy (non-hydrogen) atoms. The fourth-order valence-electron chi connectivity index (χ4n) is 3.51. The maximum Gasteiger partial charge on any atom is 0.184 e. The van der Waals surface area contributed by atoms with Crippen LogP contribution < -0.4 is 9.47 Å². The molecule has 4 rings (SSSR count). The summed E-state index contributed by atoms with van der Waals surface area (Å²) in [6, 6.07) is 15.1. The van der Waals surface area contributed by atoms with Crippen LogP contribution in [0.25, 0.3) is 0 Å². The van der Waals surface area contributed by atoms with Crippen molar-refractivity contribution in [1.82, 2.24) is 0 Å². The second kappa shape index (κ2) is 14.9. The Bertz CT molecular complexity index is 928. The minimum Gasteiger partial charge on any atom is -0.497 e. The van der Waals surface area contributed by atoms with Crippen molar-refractivity contribution >= 4 is 24.7 Å². The number of aliphatic hydroxyl groups excluding tert-OH is 1. The van der Waals surface area contributed by atoms with Crippen molar-refractivity contribution in [1.29, 1.82) is 2.51 Å². The Kier molecular flexibility index (Phi) is 10.7. The topological polar surface area (TPSA) is 84.8 Å². The Morgan fingerprint density at radius 1 is 0.971 bits per heavy atom. The molecule has 0 saturated carbocycles. The van der Waals surface area contributed by atoms with E-state index >= 15 is 0 Å². The Hall–Kier alpha value is -1.49. The first-order valence-corrected chi connectivity index (χ1v) is 14.4. The zero-order valence-corrected chi connectivity index (χ0v) is 22.1. The quantitative estimate of drug-likeness (QED) is 0.356. The molecule has 2 aromatic carbocycles. The fourth-order valence-corrected chi connectivity index (χ4v) is 4.16. The number of methoxy groups -OCH3 is 2. The van der Waals surface area contributed by atoms with E-state index in [0.29, 0.717) is 32.7 Å². The van der Waals surface area contributed by atoms with E-state index in [1.54, 1.807) is 14.2 Å². The highest BCUT2D eigenvalue weighted by Crippen LogP contribution is 2.30. The summed E-state index contributed by atoms with van der Waals surface area (Å²) in [5.74, 6) is 1.60. The summed E-state index contributed by atoms with van der Waals surface area (Å²) in [7, 11) is 5.42. The van der Waals surface area contributed by atoms with E-state index in [0.717, 1.165) is 22.6 Å². The fraction of sp³-hybridized carbons (Fsp3) is 0.500. The largest absolute Gasteiger partial charge is 0.497 e. The molecule has 0 amide bonds. The van der Waals surface area contributed by atoms with Crippen molar-refractivity contribution in [2.75, 3.05) is 40.6 Å². The van der Waals surface area contributed by atoms with Crippen LogP contribution in [-0.4, -0.2) is 76.4 Å². The van der Waals surface area contributed by atoms with Gasteiger partial charge in [0.15, 0.2) is 12.6 Å². The lowest BCUT2D eigenvalue weighted by atomic mass is 10.2. The molecule has 4 unspecified atom stereocenters. The number of hydrogen-bond donors (Lipinski definition) is 1. The van der Waals surface area contributed by atoms with Crippen LogP contribution in [0, 0.1) is 0 Å². The number of ether oxygens (including phenoxy) is 6. The second-order valence-corrected chi connectivity index (χ2v) is 10.4. The van der Waals surface area contributed by atoms with E-state index in [4.69, 9.17) is 47.9 Å². The molecule has 0 aliphatic carbocycles. The van der Waals surface area contributed by atoms with Crippen LogP contribution in [-0.2, 0) is 23.4 Å². The number of benzene rings is 2. The second-order valence-electron chi connectivity index (χ2n) is 7.91. The molecule has 8 nitrogen and oxygen atoms in total. The maximum atomic E-state index is 8.80. The molecule has 2 aliphatic rings. The highest BCUT2D eigenvalue weighted by atomic mass is 31.3. The van der Waals surface area contributed by atoms with Gasteiger partial charge in [-0.3, -0.25) is 0 Å². The molecule has 2 heterocycles. The predicted molar refractivity (Wildman–Crippen MR) is 138 cm³/mol. The van der Waals surface area contributed by atoms with Gasteiger partial charge in [0.05, 0.1) is 48.4 Å². The molecule has 2 fully saturated rings. The standard InChI is InChI=1S/C12H18BO4PSi.C12H16O4/c1-14-10-4-2-9(3-5-10)12-15-8-11(17-12)6-7-16-19(13)18;1-14-10-4-2-9(3-5-10)12-15-8-11(16-12)6-7-13/h2-5,11-12,19H,6-8,18H2,1H3;2-5,11-13H,6-8H2,1H3/t11-,12?,19?;11-,12?/m11/s1/i18T,19D;/t11-,12?,18?,19?;. The molecule has 2 radical (unpaired) electrons. The van der Waals surface area contributed by atoms with Gasteiger partial charge in [0.1, 0.15) is 20.0 Å². The van der Waals surface area contributed by atoms with Gasteiger partial charge in [-0.05, 0) is 37.1 Å². The number of rotatable bonds is 11. The molecule has 0 bridgehead atoms. The van der Waals surface area contributed by atoms with E-state index in [2.05, 4.69) is 0 Å². The summed E-state index contributed by atoms with van der Waals surface area (Å²) in [4.78, 5) is 0. The minimum absolute atomic E-state index is 0.00268. The van der Waals surface area contributed by atoms with Crippen LogP contribution >= 0.6 is 8.73 Å². The van der Waals surface area contributed by atoms with Gasteiger partial charge in [-0.25, -0.2) is 0 Å². The molecule has 0 spiro atoms. The molecule has 6 atom stereocenters. The Morgan fingerprint density at radius 2 is 1.46 bits per heavy atom. The SMILES string of the molecule is COc1ccc(C2OC[C@@H](CCO)O2)cc1.[2H][Si]([B])(OCC[C@@H]1COC(c2ccc(OC)cc2)O1)P[3H]. The number of hydrogen-bond acceptors (Lipinski definition) is 8. The highest BCUT2D eigenvalue weighted by molar-refractivity contribution is 7.70. The van der Waals surface area contributed by atoms with E-state index in [1.165, 1.54) is 0 Å². The van der Waals surface area contributed by atoms with Gasteiger partial charge in [-0.15, -0.1) is 8.73 Å². The lowest BCUT2D eigenvalue weighted by Crippen LogP contribution is -2.17. The maximum absolute atomic E-state index is 8.80. The van der Waals surface area contributed by atoms with Crippen molar-refractivity contribution in [2.45, 2.75) is 37.6 Å². The average molecular weight is 523 g/mol. The molecular weight excluding hydrogens is 486 g/mol. The third-order valence-electron chi connectivity index (χ3n) is 5.42. The third kappa shape index (κ3) is 9.15. The van der Waals surface area contributed by atoms with E-state index in [9.17, 15) is 0 Å². The van der Waals surface area contributed by atoms with E-state index < -0.39 is 17.2 Å². The smallest absolute Gasteiger partial charge is 0.184 e.